The molecule has 1 heterocycles. The van der Waals surface area contributed by atoms with E-state index >= 15 is 0 Å². The van der Waals surface area contributed by atoms with E-state index in [0.717, 1.165) is 0 Å². The van der Waals surface area contributed by atoms with E-state index < -0.39 is 0 Å². The molecule has 2 nitrogen and oxygen atoms in total. The molecule has 1 aromatic rings. The van der Waals surface area contributed by atoms with Crippen molar-refractivity contribution in [2.75, 3.05) is 0 Å². The predicted molar refractivity (Wildman–Crippen MR) is 17.6 cm³/mol. The van der Waals surface area contributed by atoms with Gasteiger partial charge in [-0.1, -0.05) is 5.16 Å². The van der Waals surface area contributed by atoms with Gasteiger partial charge in [0.05, 0.1) is 6.20 Å². The van der Waals surface area contributed by atoms with Crippen molar-refractivity contribution < 1.29 is 57.3 Å². The Hall–Kier alpha value is 0.846. The van der Waals surface area contributed by atoms with Gasteiger partial charge in [0, 0.05) is 0 Å². The monoisotopic (exact) mass is 109 g/mol. The summed E-state index contributed by atoms with van der Waals surface area (Å²) in [5, 5.41) is 3.35. The van der Waals surface area contributed by atoms with Gasteiger partial charge in [-0.25, -0.2) is 0 Å². The number of hydrogen-bond donors (Lipinski definition) is 0. The minimum atomic E-state index is 0. The standard InChI is InChI=1S/C3H3NO.K.H/c1-2-4-5-3-1;;/h1-3H;;/q;+1;-1. The van der Waals surface area contributed by atoms with Gasteiger partial charge in [-0.2, -0.15) is 0 Å². The van der Waals surface area contributed by atoms with Crippen LogP contribution in [0.1, 0.15) is 1.43 Å². The van der Waals surface area contributed by atoms with Crippen molar-refractivity contribution in [1.29, 1.82) is 0 Å². The second kappa shape index (κ2) is 4.02. The summed E-state index contributed by atoms with van der Waals surface area (Å²) in [5.74, 6) is 0. The Morgan fingerprint density at radius 3 is 2.67 bits per heavy atom. The Morgan fingerprint density at radius 1 is 1.67 bits per heavy atom. The Labute approximate surface area is 79.8 Å². The molecule has 0 N–H and O–H groups in total. The van der Waals surface area contributed by atoms with Crippen LogP contribution in [0.3, 0.4) is 0 Å². The largest absolute Gasteiger partial charge is 1.00 e. The first-order chi connectivity index (χ1) is 2.50. The van der Waals surface area contributed by atoms with Gasteiger partial charge in [0.25, 0.3) is 0 Å². The molecule has 0 spiro atoms. The van der Waals surface area contributed by atoms with Gasteiger partial charge in [0.1, 0.15) is 6.26 Å². The van der Waals surface area contributed by atoms with E-state index in [1.807, 2.05) is 0 Å². The van der Waals surface area contributed by atoms with Crippen molar-refractivity contribution in [3.05, 3.63) is 18.5 Å². The summed E-state index contributed by atoms with van der Waals surface area (Å²) < 4.78 is 4.33. The zero-order chi connectivity index (χ0) is 3.54. The molecular formula is C3H4KNO. The minimum absolute atomic E-state index is 0. The van der Waals surface area contributed by atoms with Crippen LogP contribution in [0, 0.1) is 0 Å². The molecule has 0 atom stereocenters. The van der Waals surface area contributed by atoms with Crippen LogP contribution in [0.2, 0.25) is 0 Å². The van der Waals surface area contributed by atoms with E-state index in [4.69, 9.17) is 0 Å². The van der Waals surface area contributed by atoms with Crippen molar-refractivity contribution in [2.24, 2.45) is 0 Å². The minimum Gasteiger partial charge on any atom is -1.00 e. The third kappa shape index (κ3) is 2.10. The molecule has 28 valence electrons. The Kier molecular flexibility index (Phi) is 4.58. The summed E-state index contributed by atoms with van der Waals surface area (Å²) in [6.45, 7) is 0. The van der Waals surface area contributed by atoms with Gasteiger partial charge in [-0.05, 0) is 6.07 Å². The van der Waals surface area contributed by atoms with Gasteiger partial charge in [-0.3, -0.25) is 0 Å². The van der Waals surface area contributed by atoms with Crippen LogP contribution in [-0.4, -0.2) is 5.16 Å². The fourth-order valence-corrected chi connectivity index (χ4v) is 0.176. The molecule has 0 saturated heterocycles. The van der Waals surface area contributed by atoms with Crippen LogP contribution in [-0.2, 0) is 0 Å². The Morgan fingerprint density at radius 2 is 2.50 bits per heavy atom. The fraction of sp³-hybridized carbons (Fsp3) is 0. The van der Waals surface area contributed by atoms with Crippen molar-refractivity contribution in [3.63, 3.8) is 0 Å². The second-order valence-corrected chi connectivity index (χ2v) is 0.688. The summed E-state index contributed by atoms with van der Waals surface area (Å²) >= 11 is 0. The van der Waals surface area contributed by atoms with Crippen LogP contribution in [0.15, 0.2) is 23.0 Å². The van der Waals surface area contributed by atoms with Gasteiger partial charge >= 0.3 is 51.4 Å². The average Bonchev–Trinajstić information content (AvgIpc) is 1.76. The maximum absolute atomic E-state index is 4.33. The molecule has 0 aliphatic rings. The van der Waals surface area contributed by atoms with Crippen molar-refractivity contribution in [2.45, 2.75) is 0 Å². The summed E-state index contributed by atoms with van der Waals surface area (Å²) in [5.41, 5.74) is 0. The molecule has 0 fully saturated rings. The SMILES string of the molecule is [H-].[K+].c1cnoc1. The van der Waals surface area contributed by atoms with Crippen LogP contribution in [0.25, 0.3) is 0 Å². The normalized spacial score (nSPS) is 6.67. The zero-order valence-corrected chi connectivity index (χ0v) is 6.71. The topological polar surface area (TPSA) is 26.0 Å². The molecule has 0 radical (unpaired) electrons. The first kappa shape index (κ1) is 6.85. The molecule has 0 bridgehead atoms. The zero-order valence-electron chi connectivity index (χ0n) is 4.59. The van der Waals surface area contributed by atoms with Crippen LogP contribution < -0.4 is 51.4 Å². The first-order valence-electron chi connectivity index (χ1n) is 1.34. The third-order valence-corrected chi connectivity index (χ3v) is 0.347. The Balaban J connectivity index is 0. The fourth-order valence-electron chi connectivity index (χ4n) is 0.176. The molecule has 0 aromatic carbocycles. The van der Waals surface area contributed by atoms with Gasteiger partial charge < -0.3 is 5.95 Å². The average molecular weight is 109 g/mol. The molecule has 6 heavy (non-hydrogen) atoms. The van der Waals surface area contributed by atoms with Crippen LogP contribution in [0.5, 0.6) is 0 Å². The number of aromatic nitrogens is 1. The maximum Gasteiger partial charge on any atom is 1.00 e. The van der Waals surface area contributed by atoms with Crippen molar-refractivity contribution in [3.8, 4) is 0 Å². The number of rotatable bonds is 0. The number of hydrogen-bond acceptors (Lipinski definition) is 2. The van der Waals surface area contributed by atoms with Gasteiger partial charge in [-0.15, -0.1) is 0 Å². The van der Waals surface area contributed by atoms with Gasteiger partial charge in [0.15, 0.2) is 0 Å². The van der Waals surface area contributed by atoms with E-state index in [0.29, 0.717) is 0 Å². The summed E-state index contributed by atoms with van der Waals surface area (Å²) in [7, 11) is 0. The van der Waals surface area contributed by atoms with Crippen LogP contribution in [0.4, 0.5) is 0 Å². The van der Waals surface area contributed by atoms with E-state index in [9.17, 15) is 0 Å². The first-order valence-corrected chi connectivity index (χ1v) is 1.34. The molecule has 0 saturated carbocycles. The van der Waals surface area contributed by atoms with E-state index in [1.54, 1.807) is 12.3 Å². The summed E-state index contributed by atoms with van der Waals surface area (Å²) in [6, 6.07) is 1.72. The third-order valence-electron chi connectivity index (χ3n) is 0.347. The molecule has 0 aliphatic carbocycles. The second-order valence-electron chi connectivity index (χ2n) is 0.688. The molecule has 0 amide bonds. The molecule has 0 aliphatic heterocycles. The number of nitrogens with zero attached hydrogens (tertiary/aromatic N) is 1. The van der Waals surface area contributed by atoms with E-state index in [-0.39, 0.29) is 52.8 Å². The van der Waals surface area contributed by atoms with E-state index in [2.05, 4.69) is 9.68 Å². The molecular weight excluding hydrogens is 105 g/mol. The predicted octanol–water partition coefficient (Wildman–Crippen LogP) is -2.21. The molecule has 1 rings (SSSR count). The summed E-state index contributed by atoms with van der Waals surface area (Å²) in [4.78, 5) is 0. The molecule has 1 aromatic heterocycles. The smallest absolute Gasteiger partial charge is 1.00 e. The molecule has 0 unspecified atom stereocenters. The molecule has 3 heteroatoms. The van der Waals surface area contributed by atoms with Crippen molar-refractivity contribution >= 4 is 0 Å². The van der Waals surface area contributed by atoms with Crippen LogP contribution >= 0.6 is 0 Å². The Bertz CT molecular complexity index is 71.4. The maximum atomic E-state index is 4.33. The summed E-state index contributed by atoms with van der Waals surface area (Å²) in [6.07, 6.45) is 3.10. The quantitative estimate of drug-likeness (QED) is 0.353. The van der Waals surface area contributed by atoms with Crippen molar-refractivity contribution in [1.82, 2.24) is 5.16 Å². The van der Waals surface area contributed by atoms with Gasteiger partial charge in [0.2, 0.25) is 0 Å². The van der Waals surface area contributed by atoms with E-state index in [1.165, 1.54) is 6.26 Å².